The van der Waals surface area contributed by atoms with Gasteiger partial charge in [-0.1, -0.05) is 52.9 Å². The molecule has 2 heterocycles. The minimum atomic E-state index is -1.27. The van der Waals surface area contributed by atoms with Crippen molar-refractivity contribution in [2.75, 3.05) is 6.61 Å². The molecule has 0 amide bonds. The Morgan fingerprint density at radius 1 is 0.964 bits per heavy atom. The Bertz CT molecular complexity index is 495. The number of hydrogen-bond donors (Lipinski definition) is 2. The summed E-state index contributed by atoms with van der Waals surface area (Å²) in [4.78, 5) is 0. The van der Waals surface area contributed by atoms with Gasteiger partial charge in [0, 0.05) is 24.9 Å². The molecule has 0 bridgehead atoms. The lowest BCUT2D eigenvalue weighted by Gasteiger charge is -2.57. The maximum Gasteiger partial charge on any atom is 0.193 e. The predicted molar refractivity (Wildman–Crippen MR) is 108 cm³/mol. The Labute approximate surface area is 171 Å². The number of aliphatic hydroxyl groups is 2. The summed E-state index contributed by atoms with van der Waals surface area (Å²) in [5.41, 5.74) is -1.04. The van der Waals surface area contributed by atoms with E-state index in [9.17, 15) is 10.2 Å². The van der Waals surface area contributed by atoms with Gasteiger partial charge < -0.3 is 24.4 Å². The topological polar surface area (TPSA) is 68.2 Å². The zero-order chi connectivity index (χ0) is 20.4. The fourth-order valence-corrected chi connectivity index (χ4v) is 5.81. The molecule has 2 N–H and O–H groups in total. The van der Waals surface area contributed by atoms with Crippen LogP contribution in [0, 0.1) is 23.7 Å². The van der Waals surface area contributed by atoms with Gasteiger partial charge in [-0.15, -0.1) is 0 Å². The second-order valence-electron chi connectivity index (χ2n) is 9.82. The van der Waals surface area contributed by atoms with Gasteiger partial charge in [-0.2, -0.15) is 0 Å². The molecule has 1 saturated carbocycles. The minimum Gasteiger partial charge on any atom is -0.384 e. The van der Waals surface area contributed by atoms with Crippen LogP contribution in [0.1, 0.15) is 91.9 Å². The zero-order valence-electron chi connectivity index (χ0n) is 18.4. The van der Waals surface area contributed by atoms with Crippen molar-refractivity contribution in [3.8, 4) is 0 Å². The Hall–Kier alpha value is -0.200. The van der Waals surface area contributed by atoms with Crippen molar-refractivity contribution in [2.45, 2.75) is 116 Å². The van der Waals surface area contributed by atoms with Gasteiger partial charge in [0.25, 0.3) is 0 Å². The third kappa shape index (κ3) is 4.59. The van der Waals surface area contributed by atoms with Crippen molar-refractivity contribution in [3.05, 3.63) is 0 Å². The van der Waals surface area contributed by atoms with Crippen molar-refractivity contribution in [3.63, 3.8) is 0 Å². The van der Waals surface area contributed by atoms with Crippen LogP contribution in [0.5, 0.6) is 0 Å². The monoisotopic (exact) mass is 398 g/mol. The summed E-state index contributed by atoms with van der Waals surface area (Å²) < 4.78 is 18.3. The average Bonchev–Trinajstić information content (AvgIpc) is 2.73. The molecule has 5 nitrogen and oxygen atoms in total. The van der Waals surface area contributed by atoms with Gasteiger partial charge >= 0.3 is 0 Å². The van der Waals surface area contributed by atoms with Crippen LogP contribution in [0.25, 0.3) is 0 Å². The molecule has 3 unspecified atom stereocenters. The van der Waals surface area contributed by atoms with Crippen LogP contribution < -0.4 is 0 Å². The number of rotatable bonds is 8. The molecule has 3 rings (SSSR count). The van der Waals surface area contributed by atoms with Crippen LogP contribution in [0.3, 0.4) is 0 Å². The Morgan fingerprint density at radius 3 is 2.43 bits per heavy atom. The maximum atomic E-state index is 11.8. The van der Waals surface area contributed by atoms with Crippen molar-refractivity contribution in [1.82, 2.24) is 0 Å². The second kappa shape index (κ2) is 9.30. The summed E-state index contributed by atoms with van der Waals surface area (Å²) in [5.74, 6) is -0.587. The zero-order valence-corrected chi connectivity index (χ0v) is 18.4. The lowest BCUT2D eigenvalue weighted by molar-refractivity contribution is -0.408. The third-order valence-corrected chi connectivity index (χ3v) is 7.57. The molecule has 0 radical (unpaired) electrons. The first kappa shape index (κ1) is 22.5. The predicted octanol–water partition coefficient (Wildman–Crippen LogP) is 4.59. The highest BCUT2D eigenvalue weighted by molar-refractivity contribution is 5.06. The molecule has 3 fully saturated rings. The molecule has 2 aliphatic heterocycles. The Kier molecular flexibility index (Phi) is 7.47. The first-order valence-electron chi connectivity index (χ1n) is 11.7. The molecule has 1 aliphatic carbocycles. The van der Waals surface area contributed by atoms with Crippen LogP contribution in [-0.2, 0) is 14.2 Å². The molecule has 0 aromatic rings. The van der Waals surface area contributed by atoms with Gasteiger partial charge in [-0.05, 0) is 44.4 Å². The largest absolute Gasteiger partial charge is 0.384 e. The van der Waals surface area contributed by atoms with Gasteiger partial charge in [0.1, 0.15) is 5.60 Å². The maximum absolute atomic E-state index is 11.8. The summed E-state index contributed by atoms with van der Waals surface area (Å²) in [7, 11) is 0. The standard InChI is InChI=1S/C23H42O5/c1-5-6-7-8-9-10-15-26-20-17(3)19-12-11-16(2)18-13-14-22(4,24)28-21(27-20)23(18,19)25/h16-21,24-25H,5-15H2,1-4H3/t16-,17-,18?,19?,20?,21-,22-,23-/m1/s1. The van der Waals surface area contributed by atoms with E-state index in [1.807, 2.05) is 0 Å². The Morgan fingerprint density at radius 2 is 1.68 bits per heavy atom. The lowest BCUT2D eigenvalue weighted by Crippen LogP contribution is -2.67. The highest BCUT2D eigenvalue weighted by Gasteiger charge is 2.63. The molecule has 0 spiro atoms. The van der Waals surface area contributed by atoms with Gasteiger partial charge in [-0.25, -0.2) is 0 Å². The fraction of sp³-hybridized carbons (Fsp3) is 1.00. The van der Waals surface area contributed by atoms with Crippen molar-refractivity contribution in [2.24, 2.45) is 23.7 Å². The van der Waals surface area contributed by atoms with Crippen LogP contribution in [-0.4, -0.2) is 40.8 Å². The highest BCUT2D eigenvalue weighted by atomic mass is 16.8. The highest BCUT2D eigenvalue weighted by Crippen LogP contribution is 2.55. The average molecular weight is 399 g/mol. The molecule has 2 saturated heterocycles. The lowest BCUT2D eigenvalue weighted by atomic mass is 9.58. The van der Waals surface area contributed by atoms with E-state index < -0.39 is 17.7 Å². The van der Waals surface area contributed by atoms with E-state index in [0.717, 1.165) is 25.7 Å². The second-order valence-corrected chi connectivity index (χ2v) is 9.82. The van der Waals surface area contributed by atoms with E-state index in [-0.39, 0.29) is 24.0 Å². The van der Waals surface area contributed by atoms with E-state index in [1.54, 1.807) is 6.92 Å². The summed E-state index contributed by atoms with van der Waals surface area (Å²) in [6.45, 7) is 8.94. The molecule has 5 heteroatoms. The van der Waals surface area contributed by atoms with E-state index in [1.165, 1.54) is 32.1 Å². The van der Waals surface area contributed by atoms with E-state index in [4.69, 9.17) is 14.2 Å². The quantitative estimate of drug-likeness (QED) is 0.585. The Balaban J connectivity index is 1.64. The van der Waals surface area contributed by atoms with E-state index in [2.05, 4.69) is 20.8 Å². The molecule has 3 aliphatic rings. The van der Waals surface area contributed by atoms with Crippen LogP contribution in [0.2, 0.25) is 0 Å². The number of unbranched alkanes of at least 4 members (excludes halogenated alkanes) is 5. The van der Waals surface area contributed by atoms with Gasteiger partial charge in [0.05, 0.1) is 0 Å². The van der Waals surface area contributed by atoms with Gasteiger partial charge in [0.15, 0.2) is 18.4 Å². The molecule has 0 aromatic carbocycles. The van der Waals surface area contributed by atoms with Crippen LogP contribution in [0.4, 0.5) is 0 Å². The molecular weight excluding hydrogens is 356 g/mol. The summed E-state index contributed by atoms with van der Waals surface area (Å²) >= 11 is 0. The molecule has 164 valence electrons. The number of ether oxygens (including phenoxy) is 3. The van der Waals surface area contributed by atoms with E-state index in [0.29, 0.717) is 18.9 Å². The first-order chi connectivity index (χ1) is 13.3. The molecule has 28 heavy (non-hydrogen) atoms. The molecule has 0 aromatic heterocycles. The van der Waals surface area contributed by atoms with Crippen molar-refractivity contribution < 1.29 is 24.4 Å². The SMILES string of the molecule is CCCCCCCCOC1O[C@@H]2O[C@@](C)(O)CCC3[C@H](C)CCC([C@H]1C)[C@]32O. The minimum absolute atomic E-state index is 0.0795. The summed E-state index contributed by atoms with van der Waals surface area (Å²) in [6, 6.07) is 0. The normalized spacial score (nSPS) is 46.1. The van der Waals surface area contributed by atoms with Crippen molar-refractivity contribution in [1.29, 1.82) is 0 Å². The van der Waals surface area contributed by atoms with Crippen molar-refractivity contribution >= 4 is 0 Å². The smallest absolute Gasteiger partial charge is 0.193 e. The van der Waals surface area contributed by atoms with Crippen LogP contribution >= 0.6 is 0 Å². The summed E-state index contributed by atoms with van der Waals surface area (Å²) in [5, 5.41) is 22.4. The van der Waals surface area contributed by atoms with Gasteiger partial charge in [-0.3, -0.25) is 0 Å². The van der Waals surface area contributed by atoms with E-state index >= 15 is 0 Å². The third-order valence-electron chi connectivity index (χ3n) is 7.57. The van der Waals surface area contributed by atoms with Crippen LogP contribution in [0.15, 0.2) is 0 Å². The first-order valence-corrected chi connectivity index (χ1v) is 11.7. The van der Waals surface area contributed by atoms with Gasteiger partial charge in [0.2, 0.25) is 0 Å². The fourth-order valence-electron chi connectivity index (χ4n) is 5.81. The molecular formula is C23H42O5. The summed E-state index contributed by atoms with van der Waals surface area (Å²) in [6.07, 6.45) is 9.48. The molecule has 8 atom stereocenters. The number of hydrogen-bond acceptors (Lipinski definition) is 5.